The Balaban J connectivity index is 2.52. The molecule has 0 spiro atoms. The number of aliphatic hydroxyl groups is 1. The predicted octanol–water partition coefficient (Wildman–Crippen LogP) is 1.69. The second-order valence-corrected chi connectivity index (χ2v) is 5.03. The van der Waals surface area contributed by atoms with Crippen LogP contribution in [0.2, 0.25) is 0 Å². The highest BCUT2D eigenvalue weighted by Gasteiger charge is 2.34. The molecule has 15 heavy (non-hydrogen) atoms. The van der Waals surface area contributed by atoms with Gasteiger partial charge in [-0.1, -0.05) is 6.92 Å². The van der Waals surface area contributed by atoms with Gasteiger partial charge in [-0.15, -0.1) is 0 Å². The van der Waals surface area contributed by atoms with Gasteiger partial charge in [0.15, 0.2) is 0 Å². The Hall–Kier alpha value is -0.220. The van der Waals surface area contributed by atoms with Crippen molar-refractivity contribution in [3.05, 3.63) is 0 Å². The van der Waals surface area contributed by atoms with E-state index in [0.717, 1.165) is 17.9 Å². The first-order valence-corrected chi connectivity index (χ1v) is 6.78. The molecule has 3 unspecified atom stereocenters. The highest BCUT2D eigenvalue weighted by atomic mass is 32.2. The van der Waals surface area contributed by atoms with Crippen LogP contribution < -0.4 is 0 Å². The molecule has 1 aliphatic heterocycles. The van der Waals surface area contributed by atoms with E-state index in [-0.39, 0.29) is 17.8 Å². The van der Waals surface area contributed by atoms with Gasteiger partial charge < -0.3 is 9.84 Å². The zero-order valence-electron chi connectivity index (χ0n) is 9.44. The summed E-state index contributed by atoms with van der Waals surface area (Å²) in [6, 6.07) is 0. The number of rotatable bonds is 5. The summed E-state index contributed by atoms with van der Waals surface area (Å²) in [5.74, 6) is 1.75. The minimum Gasteiger partial charge on any atom is -0.466 e. The lowest BCUT2D eigenvalue weighted by Gasteiger charge is -2.24. The molecule has 4 heteroatoms. The molecule has 1 rings (SSSR count). The lowest BCUT2D eigenvalue weighted by atomic mass is 9.89. The molecule has 1 saturated heterocycles. The molecule has 1 heterocycles. The number of esters is 1. The van der Waals surface area contributed by atoms with Crippen LogP contribution in [0.25, 0.3) is 0 Å². The molecular formula is C11H20O3S. The van der Waals surface area contributed by atoms with E-state index < -0.39 is 6.10 Å². The molecule has 1 N–H and O–H groups in total. The quantitative estimate of drug-likeness (QED) is 0.733. The molecule has 0 aliphatic carbocycles. The van der Waals surface area contributed by atoms with Crippen LogP contribution in [0.15, 0.2) is 0 Å². The Bertz CT molecular complexity index is 202. The maximum absolute atomic E-state index is 11.6. The van der Waals surface area contributed by atoms with Gasteiger partial charge in [0.1, 0.15) is 0 Å². The van der Waals surface area contributed by atoms with E-state index in [1.807, 2.05) is 18.7 Å². The minimum absolute atomic E-state index is 0.246. The van der Waals surface area contributed by atoms with Gasteiger partial charge >= 0.3 is 5.97 Å². The Labute approximate surface area is 95.6 Å². The van der Waals surface area contributed by atoms with E-state index in [1.165, 1.54) is 0 Å². The third kappa shape index (κ3) is 3.38. The van der Waals surface area contributed by atoms with Gasteiger partial charge in [0.05, 0.1) is 18.6 Å². The fraction of sp³-hybridized carbons (Fsp3) is 0.909. The van der Waals surface area contributed by atoms with Gasteiger partial charge in [0.25, 0.3) is 0 Å². The molecule has 0 bridgehead atoms. The fourth-order valence-electron chi connectivity index (χ4n) is 1.95. The molecule has 3 nitrogen and oxygen atoms in total. The fourth-order valence-corrected chi connectivity index (χ4v) is 3.25. The molecule has 88 valence electrons. The highest BCUT2D eigenvalue weighted by Crippen LogP contribution is 2.30. The lowest BCUT2D eigenvalue weighted by Crippen LogP contribution is -2.35. The highest BCUT2D eigenvalue weighted by molar-refractivity contribution is 7.99. The van der Waals surface area contributed by atoms with Gasteiger partial charge in [-0.05, 0) is 37.2 Å². The Kier molecular flexibility index (Phi) is 5.47. The van der Waals surface area contributed by atoms with Gasteiger partial charge in [-0.3, -0.25) is 4.79 Å². The van der Waals surface area contributed by atoms with Crippen LogP contribution in [-0.2, 0) is 9.53 Å². The van der Waals surface area contributed by atoms with Gasteiger partial charge in [0, 0.05) is 0 Å². The Morgan fingerprint density at radius 1 is 1.60 bits per heavy atom. The van der Waals surface area contributed by atoms with Crippen molar-refractivity contribution < 1.29 is 14.6 Å². The minimum atomic E-state index is -0.524. The molecule has 1 aliphatic rings. The molecule has 0 amide bonds. The summed E-state index contributed by atoms with van der Waals surface area (Å²) in [4.78, 5) is 11.6. The third-order valence-corrected chi connectivity index (χ3v) is 4.08. The van der Waals surface area contributed by atoms with Gasteiger partial charge in [-0.2, -0.15) is 11.8 Å². The second-order valence-electron chi connectivity index (χ2n) is 3.88. The lowest BCUT2D eigenvalue weighted by molar-refractivity contribution is -0.153. The molecule has 0 aromatic heterocycles. The SMILES string of the molecule is CCOC(=O)C(CC)C(O)C1CCSC1. The number of aliphatic hydroxyl groups excluding tert-OH is 1. The molecule has 0 radical (unpaired) electrons. The Morgan fingerprint density at radius 3 is 2.80 bits per heavy atom. The van der Waals surface area contributed by atoms with Crippen molar-refractivity contribution in [2.45, 2.75) is 32.8 Å². The number of carbonyl (C=O) groups is 1. The third-order valence-electron chi connectivity index (χ3n) is 2.89. The van der Waals surface area contributed by atoms with Crippen LogP contribution in [-0.4, -0.2) is 35.3 Å². The molecular weight excluding hydrogens is 212 g/mol. The average Bonchev–Trinajstić information content (AvgIpc) is 2.71. The Morgan fingerprint density at radius 2 is 2.33 bits per heavy atom. The standard InChI is InChI=1S/C11H20O3S/c1-3-9(11(13)14-4-2)10(12)8-5-6-15-7-8/h8-10,12H,3-7H2,1-2H3. The summed E-state index contributed by atoms with van der Waals surface area (Å²) in [6.45, 7) is 4.11. The molecule has 0 aromatic carbocycles. The summed E-state index contributed by atoms with van der Waals surface area (Å²) in [6.07, 6.45) is 1.15. The first kappa shape index (κ1) is 12.8. The van der Waals surface area contributed by atoms with Crippen molar-refractivity contribution in [3.63, 3.8) is 0 Å². The average molecular weight is 232 g/mol. The zero-order valence-corrected chi connectivity index (χ0v) is 10.3. The summed E-state index contributed by atoms with van der Waals surface area (Å²) in [5, 5.41) is 10.1. The van der Waals surface area contributed by atoms with Crippen molar-refractivity contribution in [2.24, 2.45) is 11.8 Å². The van der Waals surface area contributed by atoms with Crippen molar-refractivity contribution in [2.75, 3.05) is 18.1 Å². The van der Waals surface area contributed by atoms with Crippen molar-refractivity contribution >= 4 is 17.7 Å². The summed E-state index contributed by atoms with van der Waals surface area (Å²) >= 11 is 1.85. The second kappa shape index (κ2) is 6.38. The number of hydrogen-bond acceptors (Lipinski definition) is 4. The van der Waals surface area contributed by atoms with E-state index in [0.29, 0.717) is 13.0 Å². The number of hydrogen-bond donors (Lipinski definition) is 1. The molecule has 1 fully saturated rings. The maximum Gasteiger partial charge on any atom is 0.311 e. The summed E-state index contributed by atoms with van der Waals surface area (Å²) < 4.78 is 4.97. The monoisotopic (exact) mass is 232 g/mol. The largest absolute Gasteiger partial charge is 0.466 e. The van der Waals surface area contributed by atoms with Crippen molar-refractivity contribution in [1.29, 1.82) is 0 Å². The number of thioether (sulfide) groups is 1. The smallest absolute Gasteiger partial charge is 0.311 e. The van der Waals surface area contributed by atoms with E-state index in [4.69, 9.17) is 4.74 Å². The van der Waals surface area contributed by atoms with Gasteiger partial charge in [0.2, 0.25) is 0 Å². The first-order chi connectivity index (χ1) is 7.20. The van der Waals surface area contributed by atoms with Crippen LogP contribution in [0.4, 0.5) is 0 Å². The molecule has 3 atom stereocenters. The number of ether oxygens (including phenoxy) is 1. The topological polar surface area (TPSA) is 46.5 Å². The van der Waals surface area contributed by atoms with Gasteiger partial charge in [-0.25, -0.2) is 0 Å². The predicted molar refractivity (Wildman–Crippen MR) is 61.9 cm³/mol. The van der Waals surface area contributed by atoms with E-state index in [9.17, 15) is 9.90 Å². The summed E-state index contributed by atoms with van der Waals surface area (Å²) in [5.41, 5.74) is 0. The maximum atomic E-state index is 11.6. The van der Waals surface area contributed by atoms with Crippen LogP contribution in [0.5, 0.6) is 0 Å². The van der Waals surface area contributed by atoms with Crippen molar-refractivity contribution in [1.82, 2.24) is 0 Å². The van der Waals surface area contributed by atoms with Crippen molar-refractivity contribution in [3.8, 4) is 0 Å². The van der Waals surface area contributed by atoms with E-state index >= 15 is 0 Å². The normalized spacial score (nSPS) is 24.9. The van der Waals surface area contributed by atoms with Crippen LogP contribution in [0.3, 0.4) is 0 Å². The van der Waals surface area contributed by atoms with Crippen LogP contribution in [0.1, 0.15) is 26.7 Å². The molecule has 0 aromatic rings. The molecule has 0 saturated carbocycles. The zero-order chi connectivity index (χ0) is 11.3. The number of carbonyl (C=O) groups excluding carboxylic acids is 1. The van der Waals surface area contributed by atoms with E-state index in [2.05, 4.69) is 0 Å². The van der Waals surface area contributed by atoms with Crippen LogP contribution in [0, 0.1) is 11.8 Å². The summed E-state index contributed by atoms with van der Waals surface area (Å²) in [7, 11) is 0. The van der Waals surface area contributed by atoms with E-state index in [1.54, 1.807) is 6.92 Å². The first-order valence-electron chi connectivity index (χ1n) is 5.63. The van der Waals surface area contributed by atoms with Crippen LogP contribution >= 0.6 is 11.8 Å².